The average Bonchev–Trinajstić information content (AvgIpc) is 2.09. The van der Waals surface area contributed by atoms with Crippen molar-refractivity contribution < 1.29 is 4.48 Å². The molecule has 70 valence electrons. The minimum absolute atomic E-state index is 0.794. The Balaban J connectivity index is 2.71. The Morgan fingerprint density at radius 2 is 1.92 bits per heavy atom. The molecule has 1 heterocycles. The van der Waals surface area contributed by atoms with Crippen molar-refractivity contribution in [3.05, 3.63) is 12.2 Å². The van der Waals surface area contributed by atoms with Gasteiger partial charge in [-0.25, -0.2) is 0 Å². The summed E-state index contributed by atoms with van der Waals surface area (Å²) in [4.78, 5) is 0. The standard InChI is InChI=1S/C11H22N/c1-10(2)11-8-6-5-7-9-12(11,3)4/h5-6,10-11H,7-9H2,1-4H3/q+1. The molecule has 0 aromatic rings. The van der Waals surface area contributed by atoms with E-state index in [1.54, 1.807) is 0 Å². The molecule has 0 radical (unpaired) electrons. The van der Waals surface area contributed by atoms with E-state index >= 15 is 0 Å². The quantitative estimate of drug-likeness (QED) is 0.417. The molecule has 1 unspecified atom stereocenters. The van der Waals surface area contributed by atoms with Crippen molar-refractivity contribution in [1.82, 2.24) is 0 Å². The molecule has 0 aliphatic carbocycles. The van der Waals surface area contributed by atoms with Gasteiger partial charge in [0.25, 0.3) is 0 Å². The normalized spacial score (nSPS) is 28.9. The molecule has 0 bridgehead atoms. The van der Waals surface area contributed by atoms with Gasteiger partial charge >= 0.3 is 0 Å². The number of rotatable bonds is 1. The van der Waals surface area contributed by atoms with Gasteiger partial charge in [-0.05, 0) is 0 Å². The molecule has 0 aromatic heterocycles. The first kappa shape index (κ1) is 9.79. The topological polar surface area (TPSA) is 0 Å². The lowest BCUT2D eigenvalue weighted by Crippen LogP contribution is -2.51. The van der Waals surface area contributed by atoms with Crippen molar-refractivity contribution in [3.63, 3.8) is 0 Å². The molecule has 12 heavy (non-hydrogen) atoms. The zero-order chi connectivity index (χ0) is 9.19. The summed E-state index contributed by atoms with van der Waals surface area (Å²) in [6, 6.07) is 0.809. The zero-order valence-corrected chi connectivity index (χ0v) is 8.88. The van der Waals surface area contributed by atoms with Gasteiger partial charge < -0.3 is 4.48 Å². The fourth-order valence-corrected chi connectivity index (χ4v) is 2.29. The predicted molar refractivity (Wildman–Crippen MR) is 54.0 cm³/mol. The van der Waals surface area contributed by atoms with Crippen LogP contribution in [-0.4, -0.2) is 31.2 Å². The summed E-state index contributed by atoms with van der Waals surface area (Å²) >= 11 is 0. The summed E-state index contributed by atoms with van der Waals surface area (Å²) in [5.74, 6) is 0.794. The van der Waals surface area contributed by atoms with Crippen LogP contribution in [-0.2, 0) is 0 Å². The van der Waals surface area contributed by atoms with Crippen LogP contribution >= 0.6 is 0 Å². The Kier molecular flexibility index (Phi) is 2.94. The molecule has 1 aliphatic rings. The Morgan fingerprint density at radius 1 is 1.25 bits per heavy atom. The van der Waals surface area contributed by atoms with Gasteiger partial charge in [-0.3, -0.25) is 0 Å². The predicted octanol–water partition coefficient (Wildman–Crippen LogP) is 2.44. The van der Waals surface area contributed by atoms with Crippen molar-refractivity contribution in [2.75, 3.05) is 20.6 Å². The van der Waals surface area contributed by atoms with Gasteiger partial charge in [0.15, 0.2) is 0 Å². The highest BCUT2D eigenvalue weighted by Crippen LogP contribution is 2.22. The number of hydrogen-bond acceptors (Lipinski definition) is 0. The van der Waals surface area contributed by atoms with E-state index < -0.39 is 0 Å². The third kappa shape index (κ3) is 2.10. The van der Waals surface area contributed by atoms with Gasteiger partial charge in [-0.1, -0.05) is 26.0 Å². The molecule has 0 amide bonds. The molecule has 0 aromatic carbocycles. The van der Waals surface area contributed by atoms with Gasteiger partial charge in [0.05, 0.1) is 26.7 Å². The van der Waals surface area contributed by atoms with Crippen molar-refractivity contribution in [3.8, 4) is 0 Å². The van der Waals surface area contributed by atoms with E-state index in [-0.39, 0.29) is 0 Å². The van der Waals surface area contributed by atoms with E-state index in [1.165, 1.54) is 23.9 Å². The molecule has 0 spiro atoms. The maximum absolute atomic E-state index is 2.36. The molecule has 1 atom stereocenters. The molecule has 1 aliphatic heterocycles. The molecular weight excluding hydrogens is 146 g/mol. The summed E-state index contributed by atoms with van der Waals surface area (Å²) in [5.41, 5.74) is 0. The van der Waals surface area contributed by atoms with Crippen molar-refractivity contribution in [2.24, 2.45) is 5.92 Å². The van der Waals surface area contributed by atoms with Gasteiger partial charge in [-0.15, -0.1) is 0 Å². The van der Waals surface area contributed by atoms with E-state index in [1.807, 2.05) is 0 Å². The van der Waals surface area contributed by atoms with Crippen molar-refractivity contribution >= 4 is 0 Å². The van der Waals surface area contributed by atoms with Crippen molar-refractivity contribution in [2.45, 2.75) is 32.7 Å². The average molecular weight is 168 g/mol. The largest absolute Gasteiger partial charge is 0.325 e. The van der Waals surface area contributed by atoms with Crippen LogP contribution in [0.3, 0.4) is 0 Å². The van der Waals surface area contributed by atoms with Crippen LogP contribution in [0.25, 0.3) is 0 Å². The minimum Gasteiger partial charge on any atom is -0.325 e. The highest BCUT2D eigenvalue weighted by atomic mass is 15.3. The van der Waals surface area contributed by atoms with Gasteiger partial charge in [0, 0.05) is 18.8 Å². The summed E-state index contributed by atoms with van der Waals surface area (Å²) < 4.78 is 1.19. The van der Waals surface area contributed by atoms with Crippen LogP contribution < -0.4 is 0 Å². The van der Waals surface area contributed by atoms with Gasteiger partial charge in [-0.2, -0.15) is 0 Å². The number of hydrogen-bond donors (Lipinski definition) is 0. The Morgan fingerprint density at radius 3 is 2.50 bits per heavy atom. The maximum atomic E-state index is 2.36. The first-order valence-corrected chi connectivity index (χ1v) is 5.01. The van der Waals surface area contributed by atoms with Crippen LogP contribution in [0.4, 0.5) is 0 Å². The smallest absolute Gasteiger partial charge is 0.0944 e. The lowest BCUT2D eigenvalue weighted by molar-refractivity contribution is -0.917. The van der Waals surface area contributed by atoms with E-state index in [0.29, 0.717) is 0 Å². The van der Waals surface area contributed by atoms with Gasteiger partial charge in [0.1, 0.15) is 0 Å². The van der Waals surface area contributed by atoms with Crippen LogP contribution in [0.5, 0.6) is 0 Å². The van der Waals surface area contributed by atoms with Crippen LogP contribution in [0.1, 0.15) is 26.7 Å². The molecule has 1 heteroatoms. The highest BCUT2D eigenvalue weighted by Gasteiger charge is 2.30. The Bertz CT molecular complexity index is 168. The first-order valence-electron chi connectivity index (χ1n) is 5.01. The Labute approximate surface area is 76.7 Å². The highest BCUT2D eigenvalue weighted by molar-refractivity contribution is 4.88. The lowest BCUT2D eigenvalue weighted by atomic mass is 9.98. The minimum atomic E-state index is 0.794. The van der Waals surface area contributed by atoms with Crippen LogP contribution in [0.15, 0.2) is 12.2 Å². The zero-order valence-electron chi connectivity index (χ0n) is 8.88. The molecule has 0 N–H and O–H groups in total. The summed E-state index contributed by atoms with van der Waals surface area (Å²) in [6.07, 6.45) is 7.20. The van der Waals surface area contributed by atoms with E-state index in [2.05, 4.69) is 40.1 Å². The molecule has 0 saturated carbocycles. The maximum Gasteiger partial charge on any atom is 0.0944 e. The molecule has 0 saturated heterocycles. The first-order chi connectivity index (χ1) is 5.54. The SMILES string of the molecule is CC(C)C1CC=CCC[N+]1(C)C. The van der Waals surface area contributed by atoms with E-state index in [0.717, 1.165) is 12.0 Å². The third-order valence-corrected chi connectivity index (χ3v) is 3.08. The summed E-state index contributed by atoms with van der Waals surface area (Å²) in [5, 5.41) is 0. The number of quaternary nitrogens is 1. The van der Waals surface area contributed by atoms with E-state index in [9.17, 15) is 0 Å². The Hall–Kier alpha value is -0.300. The second kappa shape index (κ2) is 3.61. The van der Waals surface area contributed by atoms with Gasteiger partial charge in [0.2, 0.25) is 0 Å². The fourth-order valence-electron chi connectivity index (χ4n) is 2.29. The summed E-state index contributed by atoms with van der Waals surface area (Å²) in [6.45, 7) is 5.97. The second-order valence-electron chi connectivity index (χ2n) is 4.81. The van der Waals surface area contributed by atoms with Crippen LogP contribution in [0.2, 0.25) is 0 Å². The number of nitrogens with zero attached hydrogens (tertiary/aromatic N) is 1. The second-order valence-corrected chi connectivity index (χ2v) is 4.81. The lowest BCUT2D eigenvalue weighted by Gasteiger charge is -2.39. The van der Waals surface area contributed by atoms with Crippen LogP contribution in [0, 0.1) is 5.92 Å². The summed E-state index contributed by atoms with van der Waals surface area (Å²) in [7, 11) is 4.72. The van der Waals surface area contributed by atoms with Crippen molar-refractivity contribution in [1.29, 1.82) is 0 Å². The molecular formula is C11H22N+. The third-order valence-electron chi connectivity index (χ3n) is 3.08. The molecule has 1 rings (SSSR count). The monoisotopic (exact) mass is 168 g/mol. The molecule has 1 nitrogen and oxygen atoms in total. The van der Waals surface area contributed by atoms with E-state index in [4.69, 9.17) is 0 Å². The fraction of sp³-hybridized carbons (Fsp3) is 0.818. The molecule has 0 fully saturated rings.